The van der Waals surface area contributed by atoms with E-state index in [1.807, 2.05) is 50.5 Å². The predicted molar refractivity (Wildman–Crippen MR) is 145 cm³/mol. The lowest BCUT2D eigenvalue weighted by Crippen LogP contribution is -2.29. The number of fused-ring (bicyclic) bond motifs is 2. The van der Waals surface area contributed by atoms with Crippen molar-refractivity contribution in [3.63, 3.8) is 0 Å². The van der Waals surface area contributed by atoms with Gasteiger partial charge in [-0.15, -0.1) is 0 Å². The molecule has 0 spiro atoms. The molecule has 0 atom stereocenters. The van der Waals surface area contributed by atoms with Gasteiger partial charge in [0.05, 0.1) is 11.8 Å². The number of hydrogen-bond donors (Lipinski definition) is 0. The topological polar surface area (TPSA) is 29.5 Å². The molecule has 0 amide bonds. The van der Waals surface area contributed by atoms with Gasteiger partial charge in [0.1, 0.15) is 7.05 Å². The van der Waals surface area contributed by atoms with E-state index in [9.17, 15) is 0 Å². The normalized spacial score (nSPS) is 18.0. The summed E-state index contributed by atoms with van der Waals surface area (Å²) in [6.45, 7) is 0. The highest BCUT2D eigenvalue weighted by Gasteiger charge is 2.23. The van der Waals surface area contributed by atoms with E-state index in [4.69, 9.17) is 9.15 Å². The average molecular weight is 474 g/mol. The van der Waals surface area contributed by atoms with Gasteiger partial charge in [-0.2, -0.15) is 4.57 Å². The fourth-order valence-corrected chi connectivity index (χ4v) is 5.11. The molecule has 4 heteroatoms. The fourth-order valence-electron chi connectivity index (χ4n) is 5.11. The highest BCUT2D eigenvalue weighted by Crippen LogP contribution is 2.40. The van der Waals surface area contributed by atoms with E-state index < -0.39 is 0 Å². The van der Waals surface area contributed by atoms with Gasteiger partial charge in [0.2, 0.25) is 5.58 Å². The van der Waals surface area contributed by atoms with Crippen LogP contribution in [0.2, 0.25) is 0 Å². The maximum Gasteiger partial charge on any atom is 0.373 e. The van der Waals surface area contributed by atoms with Crippen molar-refractivity contribution in [2.45, 2.75) is 19.3 Å². The Morgan fingerprint density at radius 1 is 0.833 bits per heavy atom. The van der Waals surface area contributed by atoms with E-state index in [1.165, 1.54) is 22.3 Å². The highest BCUT2D eigenvalue weighted by molar-refractivity contribution is 5.85. The van der Waals surface area contributed by atoms with Crippen molar-refractivity contribution in [3.8, 4) is 5.75 Å². The van der Waals surface area contributed by atoms with Gasteiger partial charge >= 0.3 is 5.89 Å². The van der Waals surface area contributed by atoms with E-state index in [2.05, 4.69) is 76.2 Å². The summed E-state index contributed by atoms with van der Waals surface area (Å²) in [7, 11) is 4.10. The molecular weight excluding hydrogens is 444 g/mol. The van der Waals surface area contributed by atoms with E-state index in [1.54, 1.807) is 0 Å². The van der Waals surface area contributed by atoms with E-state index in [0.29, 0.717) is 0 Å². The van der Waals surface area contributed by atoms with Gasteiger partial charge in [-0.05, 0) is 71.9 Å². The van der Waals surface area contributed by atoms with Gasteiger partial charge in [-0.3, -0.25) is 0 Å². The monoisotopic (exact) mass is 473 g/mol. The van der Waals surface area contributed by atoms with Crippen molar-refractivity contribution in [1.29, 1.82) is 0 Å². The number of aromatic nitrogens is 1. The second kappa shape index (κ2) is 9.38. The van der Waals surface area contributed by atoms with Crippen molar-refractivity contribution in [2.75, 3.05) is 11.9 Å². The van der Waals surface area contributed by atoms with Crippen LogP contribution >= 0.6 is 0 Å². The Morgan fingerprint density at radius 3 is 2.44 bits per heavy atom. The Hall–Kier alpha value is -4.31. The van der Waals surface area contributed by atoms with Crippen LogP contribution in [0, 0.1) is 0 Å². The summed E-state index contributed by atoms with van der Waals surface area (Å²) in [5, 5.41) is 0. The lowest BCUT2D eigenvalue weighted by molar-refractivity contribution is -0.652. The zero-order valence-electron chi connectivity index (χ0n) is 20.6. The zero-order valence-corrected chi connectivity index (χ0v) is 20.6. The Morgan fingerprint density at radius 2 is 1.61 bits per heavy atom. The molecule has 0 radical (unpaired) electrons. The van der Waals surface area contributed by atoms with Crippen LogP contribution in [0.4, 0.5) is 5.69 Å². The Labute approximate surface area is 211 Å². The smallest absolute Gasteiger partial charge is 0.373 e. The molecule has 0 N–H and O–H groups in total. The molecule has 0 saturated carbocycles. The van der Waals surface area contributed by atoms with Gasteiger partial charge in [0.15, 0.2) is 11.6 Å². The van der Waals surface area contributed by atoms with E-state index in [0.717, 1.165) is 53.6 Å². The Bertz CT molecular complexity index is 1550. The van der Waals surface area contributed by atoms with Crippen LogP contribution in [0.15, 0.2) is 119 Å². The first-order valence-corrected chi connectivity index (χ1v) is 12.4. The van der Waals surface area contributed by atoms with Crippen molar-refractivity contribution >= 4 is 28.4 Å². The number of hydrogen-bond acceptors (Lipinski definition) is 3. The Balaban J connectivity index is 1.40. The molecule has 1 aliphatic carbocycles. The molecule has 0 unspecified atom stereocenters. The number of anilines is 1. The predicted octanol–water partition coefficient (Wildman–Crippen LogP) is 7.20. The van der Waals surface area contributed by atoms with E-state index >= 15 is 0 Å². The molecule has 36 heavy (non-hydrogen) atoms. The second-order valence-electron chi connectivity index (χ2n) is 9.25. The molecule has 0 bridgehead atoms. The van der Waals surface area contributed by atoms with E-state index in [-0.39, 0.29) is 0 Å². The third kappa shape index (κ3) is 4.05. The van der Waals surface area contributed by atoms with Gasteiger partial charge in [-0.1, -0.05) is 60.7 Å². The van der Waals surface area contributed by atoms with Crippen LogP contribution in [0.5, 0.6) is 5.75 Å². The average Bonchev–Trinajstić information content (AvgIpc) is 3.42. The molecule has 4 nitrogen and oxygen atoms in total. The van der Waals surface area contributed by atoms with Gasteiger partial charge in [0, 0.05) is 13.1 Å². The first kappa shape index (κ1) is 22.2. The number of benzene rings is 3. The van der Waals surface area contributed by atoms with Gasteiger partial charge in [0.25, 0.3) is 5.52 Å². The lowest BCUT2D eigenvalue weighted by atomic mass is 9.83. The summed E-state index contributed by atoms with van der Waals surface area (Å²) < 4.78 is 14.3. The summed E-state index contributed by atoms with van der Waals surface area (Å²) in [4.78, 5) is 2.10. The molecule has 2 aliphatic rings. The summed E-state index contributed by atoms with van der Waals surface area (Å²) in [6, 6.07) is 27.0. The first-order valence-electron chi connectivity index (χ1n) is 12.4. The molecule has 178 valence electrons. The minimum atomic E-state index is 0.841. The molecule has 0 fully saturated rings. The Kier molecular flexibility index (Phi) is 5.78. The minimum Gasteiger partial charge on any atom is -0.439 e. The molecule has 1 aromatic heterocycles. The fraction of sp³-hybridized carbons (Fsp3) is 0.156. The number of rotatable bonds is 4. The van der Waals surface area contributed by atoms with Crippen LogP contribution in [0.25, 0.3) is 22.7 Å². The molecule has 3 aromatic carbocycles. The standard InChI is InChI=1S/C32H29N2O2/c1-33-26-15-6-8-17-28(26)35-30(33)21-19-24-13-10-14-25(32(24)23-11-4-3-5-12-23)20-22-31-34(2)27-16-7-9-18-29(27)36-31/h3-9,11-12,15-22H,10,13-14H2,1-2H3/q+1. The summed E-state index contributed by atoms with van der Waals surface area (Å²) in [5.74, 6) is 2.58. The van der Waals surface area contributed by atoms with Crippen LogP contribution in [-0.2, 0) is 7.05 Å². The second-order valence-corrected chi connectivity index (χ2v) is 9.25. The maximum absolute atomic E-state index is 6.12. The summed E-state index contributed by atoms with van der Waals surface area (Å²) >= 11 is 0. The van der Waals surface area contributed by atoms with Crippen molar-refractivity contribution in [1.82, 2.24) is 0 Å². The molecule has 4 aromatic rings. The largest absolute Gasteiger partial charge is 0.439 e. The van der Waals surface area contributed by atoms with Crippen LogP contribution < -0.4 is 14.2 Å². The summed E-state index contributed by atoms with van der Waals surface area (Å²) in [5.41, 5.74) is 8.25. The number of oxazole rings is 1. The van der Waals surface area contributed by atoms with Crippen LogP contribution in [-0.4, -0.2) is 7.05 Å². The third-order valence-corrected chi connectivity index (χ3v) is 6.99. The van der Waals surface area contributed by atoms with Crippen LogP contribution in [0.1, 0.15) is 30.7 Å². The SMILES string of the molecule is CN1/C(=C/C=C2\CCCC(/C=C/c3oc4ccccc4[n+]3C)=C2c2ccccc2)Oc2ccccc21. The molecule has 1 aliphatic heterocycles. The maximum atomic E-state index is 6.12. The van der Waals surface area contributed by atoms with Gasteiger partial charge in [-0.25, -0.2) is 0 Å². The number of para-hydroxylation sites is 4. The summed E-state index contributed by atoms with van der Waals surface area (Å²) in [6.07, 6.45) is 11.8. The van der Waals surface area contributed by atoms with Crippen molar-refractivity contribution in [2.24, 2.45) is 7.05 Å². The molecule has 6 rings (SSSR count). The quantitative estimate of drug-likeness (QED) is 0.293. The number of ether oxygens (including phenoxy) is 1. The molecule has 0 saturated heterocycles. The van der Waals surface area contributed by atoms with Crippen LogP contribution in [0.3, 0.4) is 0 Å². The zero-order chi connectivity index (χ0) is 24.5. The van der Waals surface area contributed by atoms with Crippen molar-refractivity contribution in [3.05, 3.63) is 126 Å². The lowest BCUT2D eigenvalue weighted by Gasteiger charge is -2.22. The molecular formula is C32H29N2O2+. The third-order valence-electron chi connectivity index (χ3n) is 6.99. The minimum absolute atomic E-state index is 0.841. The molecule has 2 heterocycles. The number of nitrogens with zero attached hydrogens (tertiary/aromatic N) is 2. The number of allylic oxidation sites excluding steroid dienone is 6. The highest BCUT2D eigenvalue weighted by atomic mass is 16.5. The van der Waals surface area contributed by atoms with Gasteiger partial charge < -0.3 is 14.1 Å². The van der Waals surface area contributed by atoms with Crippen molar-refractivity contribution < 1.29 is 13.7 Å². The first-order chi connectivity index (χ1) is 17.7. The number of aryl methyl sites for hydroxylation is 1.